The van der Waals surface area contributed by atoms with E-state index in [1.807, 2.05) is 37.4 Å². The number of likely N-dealkylation sites (N-methyl/N-ethyl adjacent to an activating group) is 1. The minimum Gasteiger partial charge on any atom is -0.465 e. The Labute approximate surface area is 149 Å². The standard InChI is InChI=1S/C17H20N4O3S/c1-21-8-7-12-14(10-21)25-16(19-12)15(22)18-9-13(20-17(23)24)11-5-3-2-4-6-11/h2-6,13,20H,7-10H2,1H3,(H,18,22)(H,23,24). The van der Waals surface area contributed by atoms with Crippen LogP contribution >= 0.6 is 11.3 Å². The van der Waals surface area contributed by atoms with Crippen molar-refractivity contribution in [2.75, 3.05) is 20.1 Å². The maximum absolute atomic E-state index is 12.4. The quantitative estimate of drug-likeness (QED) is 0.757. The fourth-order valence-corrected chi connectivity index (χ4v) is 3.88. The summed E-state index contributed by atoms with van der Waals surface area (Å²) in [7, 11) is 2.05. The molecule has 0 bridgehead atoms. The van der Waals surface area contributed by atoms with Crippen molar-refractivity contribution in [3.05, 3.63) is 51.5 Å². The van der Waals surface area contributed by atoms with E-state index in [0.717, 1.165) is 35.6 Å². The number of amides is 2. The molecule has 25 heavy (non-hydrogen) atoms. The number of hydrogen-bond acceptors (Lipinski definition) is 5. The lowest BCUT2D eigenvalue weighted by Crippen LogP contribution is -2.37. The number of fused-ring (bicyclic) bond motifs is 1. The lowest BCUT2D eigenvalue weighted by Gasteiger charge is -2.20. The summed E-state index contributed by atoms with van der Waals surface area (Å²) < 4.78 is 0. The molecule has 7 nitrogen and oxygen atoms in total. The number of aromatic nitrogens is 1. The van der Waals surface area contributed by atoms with Crippen LogP contribution in [0.25, 0.3) is 0 Å². The molecule has 1 aliphatic rings. The van der Waals surface area contributed by atoms with E-state index in [1.54, 1.807) is 0 Å². The van der Waals surface area contributed by atoms with Gasteiger partial charge in [0.2, 0.25) is 0 Å². The summed E-state index contributed by atoms with van der Waals surface area (Å²) in [5.41, 5.74) is 1.79. The highest BCUT2D eigenvalue weighted by molar-refractivity contribution is 7.13. The third kappa shape index (κ3) is 4.34. The van der Waals surface area contributed by atoms with Crippen LogP contribution in [0.5, 0.6) is 0 Å². The van der Waals surface area contributed by atoms with Crippen molar-refractivity contribution in [2.45, 2.75) is 19.0 Å². The molecule has 8 heteroatoms. The van der Waals surface area contributed by atoms with Gasteiger partial charge in [-0.3, -0.25) is 4.79 Å². The molecule has 0 radical (unpaired) electrons. The number of benzene rings is 1. The van der Waals surface area contributed by atoms with E-state index in [-0.39, 0.29) is 12.5 Å². The van der Waals surface area contributed by atoms with Gasteiger partial charge in [0.15, 0.2) is 5.01 Å². The molecule has 0 saturated carbocycles. The summed E-state index contributed by atoms with van der Waals surface area (Å²) in [4.78, 5) is 31.2. The number of carboxylic acid groups (broad SMARTS) is 1. The summed E-state index contributed by atoms with van der Waals surface area (Å²) in [5, 5.41) is 14.7. The molecule has 2 amide bonds. The van der Waals surface area contributed by atoms with Gasteiger partial charge in [0.05, 0.1) is 11.7 Å². The van der Waals surface area contributed by atoms with Crippen molar-refractivity contribution in [1.82, 2.24) is 20.5 Å². The van der Waals surface area contributed by atoms with E-state index in [4.69, 9.17) is 5.11 Å². The van der Waals surface area contributed by atoms with E-state index < -0.39 is 12.1 Å². The van der Waals surface area contributed by atoms with Crippen LogP contribution in [0, 0.1) is 0 Å². The predicted molar refractivity (Wildman–Crippen MR) is 94.8 cm³/mol. The average molecular weight is 360 g/mol. The van der Waals surface area contributed by atoms with Crippen LogP contribution in [-0.4, -0.2) is 47.1 Å². The smallest absolute Gasteiger partial charge is 0.405 e. The SMILES string of the molecule is CN1CCc2nc(C(=O)NCC(NC(=O)O)c3ccccc3)sc2C1. The molecular formula is C17H20N4O3S. The number of carbonyl (C=O) groups excluding carboxylic acids is 1. The first kappa shape index (κ1) is 17.4. The van der Waals surface area contributed by atoms with Gasteiger partial charge in [-0.2, -0.15) is 0 Å². The number of thiazole rings is 1. The van der Waals surface area contributed by atoms with Gasteiger partial charge < -0.3 is 20.6 Å². The lowest BCUT2D eigenvalue weighted by atomic mass is 10.1. The average Bonchev–Trinajstić information content (AvgIpc) is 3.02. The van der Waals surface area contributed by atoms with E-state index in [0.29, 0.717) is 5.01 Å². The van der Waals surface area contributed by atoms with Crippen LogP contribution in [0.4, 0.5) is 4.79 Å². The highest BCUT2D eigenvalue weighted by Crippen LogP contribution is 2.24. The van der Waals surface area contributed by atoms with E-state index in [9.17, 15) is 9.59 Å². The normalized spacial score (nSPS) is 15.2. The Kier molecular flexibility index (Phi) is 5.30. The monoisotopic (exact) mass is 360 g/mol. The molecule has 0 spiro atoms. The molecule has 2 aromatic rings. The number of hydrogen-bond donors (Lipinski definition) is 3. The second-order valence-corrected chi connectivity index (χ2v) is 7.08. The zero-order valence-electron chi connectivity index (χ0n) is 13.9. The fourth-order valence-electron chi connectivity index (χ4n) is 2.78. The zero-order valence-corrected chi connectivity index (χ0v) is 14.7. The number of nitrogens with zero attached hydrogens (tertiary/aromatic N) is 2. The topological polar surface area (TPSA) is 94.6 Å². The number of nitrogens with one attached hydrogen (secondary N) is 2. The first-order valence-corrected chi connectivity index (χ1v) is 8.84. The van der Waals surface area contributed by atoms with Gasteiger partial charge in [-0.05, 0) is 12.6 Å². The summed E-state index contributed by atoms with van der Waals surface area (Å²) in [6.45, 7) is 1.92. The van der Waals surface area contributed by atoms with Gasteiger partial charge in [0.25, 0.3) is 5.91 Å². The van der Waals surface area contributed by atoms with Crippen molar-refractivity contribution >= 4 is 23.3 Å². The van der Waals surface area contributed by atoms with Crippen molar-refractivity contribution in [3.63, 3.8) is 0 Å². The minimum atomic E-state index is -1.13. The van der Waals surface area contributed by atoms with Crippen LogP contribution < -0.4 is 10.6 Å². The Balaban J connectivity index is 1.66. The first-order valence-electron chi connectivity index (χ1n) is 8.02. The van der Waals surface area contributed by atoms with Gasteiger partial charge in [-0.25, -0.2) is 9.78 Å². The third-order valence-corrected chi connectivity index (χ3v) is 5.16. The van der Waals surface area contributed by atoms with Gasteiger partial charge in [0, 0.05) is 30.9 Å². The minimum absolute atomic E-state index is 0.166. The summed E-state index contributed by atoms with van der Waals surface area (Å²) in [6, 6.07) is 8.66. The maximum Gasteiger partial charge on any atom is 0.405 e. The van der Waals surface area contributed by atoms with Crippen molar-refractivity contribution in [1.29, 1.82) is 0 Å². The summed E-state index contributed by atoms with van der Waals surface area (Å²) in [5.74, 6) is -0.268. The number of carbonyl (C=O) groups is 2. The van der Waals surface area contributed by atoms with Gasteiger partial charge >= 0.3 is 6.09 Å². The molecule has 1 unspecified atom stereocenters. The molecule has 1 atom stereocenters. The van der Waals surface area contributed by atoms with E-state index in [2.05, 4.69) is 20.5 Å². The number of rotatable bonds is 5. The second-order valence-electron chi connectivity index (χ2n) is 6.00. The van der Waals surface area contributed by atoms with Crippen LogP contribution in [0.1, 0.15) is 32.0 Å². The predicted octanol–water partition coefficient (Wildman–Crippen LogP) is 1.87. The Bertz CT molecular complexity index is 763. The van der Waals surface area contributed by atoms with Crippen LogP contribution in [-0.2, 0) is 13.0 Å². The van der Waals surface area contributed by atoms with Gasteiger partial charge in [-0.1, -0.05) is 30.3 Å². The molecular weight excluding hydrogens is 340 g/mol. The van der Waals surface area contributed by atoms with E-state index in [1.165, 1.54) is 11.3 Å². The van der Waals surface area contributed by atoms with Gasteiger partial charge in [-0.15, -0.1) is 11.3 Å². The Morgan fingerprint density at radius 3 is 2.84 bits per heavy atom. The summed E-state index contributed by atoms with van der Waals surface area (Å²) in [6.07, 6.45) is -0.279. The van der Waals surface area contributed by atoms with Crippen molar-refractivity contribution < 1.29 is 14.7 Å². The Morgan fingerprint density at radius 1 is 1.36 bits per heavy atom. The Morgan fingerprint density at radius 2 is 2.12 bits per heavy atom. The summed E-state index contributed by atoms with van der Waals surface area (Å²) >= 11 is 1.41. The molecule has 2 heterocycles. The molecule has 3 N–H and O–H groups in total. The van der Waals surface area contributed by atoms with Crippen molar-refractivity contribution in [3.8, 4) is 0 Å². The highest BCUT2D eigenvalue weighted by atomic mass is 32.1. The molecule has 0 fully saturated rings. The molecule has 0 saturated heterocycles. The lowest BCUT2D eigenvalue weighted by molar-refractivity contribution is 0.0947. The largest absolute Gasteiger partial charge is 0.465 e. The first-order chi connectivity index (χ1) is 12.0. The van der Waals surface area contributed by atoms with Gasteiger partial charge in [0.1, 0.15) is 0 Å². The zero-order chi connectivity index (χ0) is 17.8. The molecule has 1 aromatic heterocycles. The van der Waals surface area contributed by atoms with Crippen molar-refractivity contribution in [2.24, 2.45) is 0 Å². The second kappa shape index (κ2) is 7.62. The molecule has 132 valence electrons. The molecule has 0 aliphatic carbocycles. The molecule has 1 aliphatic heterocycles. The third-order valence-electron chi connectivity index (χ3n) is 4.08. The highest BCUT2D eigenvalue weighted by Gasteiger charge is 2.22. The fraction of sp³-hybridized carbons (Fsp3) is 0.353. The van der Waals surface area contributed by atoms with Crippen LogP contribution in [0.15, 0.2) is 30.3 Å². The van der Waals surface area contributed by atoms with Crippen LogP contribution in [0.2, 0.25) is 0 Å². The Hall–Kier alpha value is -2.45. The van der Waals surface area contributed by atoms with E-state index >= 15 is 0 Å². The molecule has 1 aromatic carbocycles. The molecule has 3 rings (SSSR count). The van der Waals surface area contributed by atoms with Crippen LogP contribution in [0.3, 0.4) is 0 Å². The maximum atomic E-state index is 12.4.